The van der Waals surface area contributed by atoms with Crippen LogP contribution in [0.15, 0.2) is 29.3 Å². The zero-order valence-corrected chi connectivity index (χ0v) is 11.4. The van der Waals surface area contributed by atoms with Crippen molar-refractivity contribution in [1.82, 2.24) is 4.90 Å². The molecule has 0 aromatic heterocycles. The lowest BCUT2D eigenvalue weighted by Gasteiger charge is -2.27. The molecule has 1 aromatic rings. The van der Waals surface area contributed by atoms with Crippen LogP contribution in [0.25, 0.3) is 0 Å². The second kappa shape index (κ2) is 6.77. The summed E-state index contributed by atoms with van der Waals surface area (Å²) in [4.78, 5) is 6.24. The zero-order chi connectivity index (χ0) is 13.7. The summed E-state index contributed by atoms with van der Waals surface area (Å²) in [5.41, 5.74) is 6.54. The lowest BCUT2D eigenvalue weighted by atomic mass is 10.1. The molecule has 0 radical (unpaired) electrons. The van der Waals surface area contributed by atoms with Crippen molar-refractivity contribution >= 4 is 17.7 Å². The molecular formula is C13H18FN3OS. The van der Waals surface area contributed by atoms with Gasteiger partial charge >= 0.3 is 0 Å². The molecule has 1 fully saturated rings. The number of halogens is 1. The Hall–Kier alpha value is -1.27. The van der Waals surface area contributed by atoms with Crippen LogP contribution in [-0.2, 0) is 0 Å². The average molecular weight is 283 g/mol. The lowest BCUT2D eigenvalue weighted by molar-refractivity contribution is 0.186. The van der Waals surface area contributed by atoms with E-state index in [1.54, 1.807) is 12.1 Å². The van der Waals surface area contributed by atoms with E-state index in [0.29, 0.717) is 11.5 Å². The predicted molar refractivity (Wildman–Crippen MR) is 76.7 cm³/mol. The van der Waals surface area contributed by atoms with E-state index in [4.69, 9.17) is 5.73 Å². The third kappa shape index (κ3) is 4.11. The van der Waals surface area contributed by atoms with Gasteiger partial charge in [-0.05, 0) is 17.7 Å². The molecule has 104 valence electrons. The summed E-state index contributed by atoms with van der Waals surface area (Å²) in [6, 6.07) is 5.77. The molecule has 0 aliphatic carbocycles. The van der Waals surface area contributed by atoms with Crippen molar-refractivity contribution < 1.29 is 9.50 Å². The van der Waals surface area contributed by atoms with Gasteiger partial charge in [-0.25, -0.2) is 4.39 Å². The predicted octanol–water partition coefficient (Wildman–Crippen LogP) is 1.22. The van der Waals surface area contributed by atoms with E-state index in [0.717, 1.165) is 24.6 Å². The molecule has 1 unspecified atom stereocenters. The number of aliphatic hydroxyl groups is 1. The smallest absolute Gasteiger partial charge is 0.191 e. The first-order valence-corrected chi connectivity index (χ1v) is 7.38. The van der Waals surface area contributed by atoms with Crippen molar-refractivity contribution in [3.63, 3.8) is 0 Å². The van der Waals surface area contributed by atoms with Crippen molar-refractivity contribution in [2.75, 3.05) is 31.1 Å². The van der Waals surface area contributed by atoms with Crippen LogP contribution in [0.1, 0.15) is 11.7 Å². The number of aliphatic hydroxyl groups excluding tert-OH is 1. The Bertz CT molecular complexity index is 432. The van der Waals surface area contributed by atoms with Gasteiger partial charge in [0.25, 0.3) is 0 Å². The maximum absolute atomic E-state index is 12.8. The fourth-order valence-corrected chi connectivity index (χ4v) is 2.77. The van der Waals surface area contributed by atoms with Gasteiger partial charge in [0.15, 0.2) is 5.96 Å². The number of aliphatic imine (C=N–C) groups is 1. The van der Waals surface area contributed by atoms with Gasteiger partial charge in [0, 0.05) is 24.6 Å². The van der Waals surface area contributed by atoms with Gasteiger partial charge in [0.05, 0.1) is 12.6 Å². The van der Waals surface area contributed by atoms with Crippen LogP contribution in [0.4, 0.5) is 4.39 Å². The number of thioether (sulfide) groups is 1. The van der Waals surface area contributed by atoms with Crippen LogP contribution < -0.4 is 5.73 Å². The normalized spacial score (nSPS) is 18.4. The monoisotopic (exact) mass is 283 g/mol. The maximum atomic E-state index is 12.8. The van der Waals surface area contributed by atoms with E-state index >= 15 is 0 Å². The molecule has 1 aliphatic rings. The summed E-state index contributed by atoms with van der Waals surface area (Å²) in [7, 11) is 0. The van der Waals surface area contributed by atoms with Gasteiger partial charge in [0.2, 0.25) is 0 Å². The Morgan fingerprint density at radius 2 is 2.00 bits per heavy atom. The minimum atomic E-state index is -0.752. The Kier molecular flexibility index (Phi) is 5.04. The molecule has 1 heterocycles. The third-order valence-corrected chi connectivity index (χ3v) is 3.96. The van der Waals surface area contributed by atoms with Crippen molar-refractivity contribution in [2.45, 2.75) is 6.10 Å². The van der Waals surface area contributed by atoms with Crippen LogP contribution in [0.2, 0.25) is 0 Å². The van der Waals surface area contributed by atoms with Crippen LogP contribution in [0.5, 0.6) is 0 Å². The minimum Gasteiger partial charge on any atom is -0.386 e. The van der Waals surface area contributed by atoms with E-state index in [9.17, 15) is 9.50 Å². The molecule has 19 heavy (non-hydrogen) atoms. The summed E-state index contributed by atoms with van der Waals surface area (Å²) in [6.45, 7) is 1.99. The Labute approximate surface area is 116 Å². The molecule has 6 heteroatoms. The molecule has 0 spiro atoms. The molecule has 1 aliphatic heterocycles. The number of hydrogen-bond donors (Lipinski definition) is 2. The second-order valence-electron chi connectivity index (χ2n) is 4.37. The van der Waals surface area contributed by atoms with Crippen LogP contribution in [0.3, 0.4) is 0 Å². The highest BCUT2D eigenvalue weighted by molar-refractivity contribution is 7.99. The Morgan fingerprint density at radius 1 is 1.37 bits per heavy atom. The highest BCUT2D eigenvalue weighted by Gasteiger charge is 2.13. The van der Waals surface area contributed by atoms with Gasteiger partial charge in [-0.2, -0.15) is 11.8 Å². The Morgan fingerprint density at radius 3 is 2.63 bits per heavy atom. The van der Waals surface area contributed by atoms with Crippen LogP contribution in [0, 0.1) is 5.82 Å². The van der Waals surface area contributed by atoms with E-state index in [1.165, 1.54) is 12.1 Å². The number of hydrogen-bond acceptors (Lipinski definition) is 3. The molecule has 0 amide bonds. The summed E-state index contributed by atoms with van der Waals surface area (Å²) in [5.74, 6) is 2.26. The molecule has 4 nitrogen and oxygen atoms in total. The summed E-state index contributed by atoms with van der Waals surface area (Å²) in [5, 5.41) is 9.95. The highest BCUT2D eigenvalue weighted by atomic mass is 32.2. The standard InChI is InChI=1S/C13H18FN3OS/c14-11-3-1-10(2-4-11)12(18)9-16-13(15)17-5-7-19-8-6-17/h1-4,12,18H,5-9H2,(H2,15,16). The highest BCUT2D eigenvalue weighted by Crippen LogP contribution is 2.14. The quantitative estimate of drug-likeness (QED) is 0.647. The van der Waals surface area contributed by atoms with Gasteiger partial charge in [0.1, 0.15) is 5.82 Å². The van der Waals surface area contributed by atoms with Crippen LogP contribution >= 0.6 is 11.8 Å². The van der Waals surface area contributed by atoms with E-state index in [-0.39, 0.29) is 12.4 Å². The van der Waals surface area contributed by atoms with Crippen molar-refractivity contribution in [1.29, 1.82) is 0 Å². The van der Waals surface area contributed by atoms with Crippen molar-refractivity contribution in [3.05, 3.63) is 35.6 Å². The molecule has 2 rings (SSSR count). The molecule has 0 saturated carbocycles. The molecular weight excluding hydrogens is 265 g/mol. The molecule has 1 atom stereocenters. The first kappa shape index (κ1) is 14.1. The van der Waals surface area contributed by atoms with E-state index in [2.05, 4.69) is 4.99 Å². The van der Waals surface area contributed by atoms with Crippen LogP contribution in [-0.4, -0.2) is 47.1 Å². The molecule has 0 bridgehead atoms. The Balaban J connectivity index is 1.91. The number of guanidine groups is 1. The topological polar surface area (TPSA) is 61.9 Å². The first-order chi connectivity index (χ1) is 9.16. The van der Waals surface area contributed by atoms with E-state index < -0.39 is 6.10 Å². The summed E-state index contributed by atoms with van der Waals surface area (Å²) >= 11 is 1.90. The summed E-state index contributed by atoms with van der Waals surface area (Å²) in [6.07, 6.45) is -0.752. The SMILES string of the molecule is NC(=NCC(O)c1ccc(F)cc1)N1CCSCC1. The molecule has 3 N–H and O–H groups in total. The number of nitrogens with zero attached hydrogens (tertiary/aromatic N) is 2. The molecule has 1 aromatic carbocycles. The van der Waals surface area contributed by atoms with Gasteiger partial charge in [-0.3, -0.25) is 4.99 Å². The number of benzene rings is 1. The maximum Gasteiger partial charge on any atom is 0.191 e. The number of nitrogens with two attached hydrogens (primary N) is 1. The summed E-state index contributed by atoms with van der Waals surface area (Å²) < 4.78 is 12.8. The first-order valence-electron chi connectivity index (χ1n) is 6.23. The fourth-order valence-electron chi connectivity index (χ4n) is 1.86. The zero-order valence-electron chi connectivity index (χ0n) is 10.6. The van der Waals surface area contributed by atoms with Gasteiger partial charge in [-0.1, -0.05) is 12.1 Å². The van der Waals surface area contributed by atoms with Crippen molar-refractivity contribution in [3.8, 4) is 0 Å². The lowest BCUT2D eigenvalue weighted by Crippen LogP contribution is -2.42. The average Bonchev–Trinajstić information content (AvgIpc) is 2.46. The second-order valence-corrected chi connectivity index (χ2v) is 5.59. The largest absolute Gasteiger partial charge is 0.386 e. The minimum absolute atomic E-state index is 0.196. The van der Waals surface area contributed by atoms with Gasteiger partial charge in [-0.15, -0.1) is 0 Å². The number of rotatable bonds is 3. The van der Waals surface area contributed by atoms with E-state index in [1.807, 2.05) is 16.7 Å². The third-order valence-electron chi connectivity index (χ3n) is 3.02. The molecule has 1 saturated heterocycles. The van der Waals surface area contributed by atoms with Crippen molar-refractivity contribution in [2.24, 2.45) is 10.7 Å². The van der Waals surface area contributed by atoms with Gasteiger partial charge < -0.3 is 15.7 Å². The fraction of sp³-hybridized carbons (Fsp3) is 0.462.